The maximum Gasteiger partial charge on any atom is 0.152 e. The van der Waals surface area contributed by atoms with Gasteiger partial charge in [0.1, 0.15) is 34.1 Å². The number of fused-ring (bicyclic) bond motifs is 1. The van der Waals surface area contributed by atoms with Crippen LogP contribution >= 0.6 is 0 Å². The molecule has 9 heteroatoms. The molecule has 4 rings (SSSR count). The second kappa shape index (κ2) is 10.3. The highest BCUT2D eigenvalue weighted by Gasteiger charge is 2.23. The van der Waals surface area contributed by atoms with E-state index in [1.807, 2.05) is 18.2 Å². The molecule has 0 aliphatic heterocycles. The monoisotopic (exact) mass is 490 g/mol. The standard InChI is InChI=1S/C27H26N2O7/c1-15(28-30)17-8-11-21(33-3)19(12-17)25-23(34-4)14-24(35-5)26-20(29-31)13-22(36-27(25)26)16-6-9-18(32-2)10-7-16/h6-14,30-31H,1-5H3. The van der Waals surface area contributed by atoms with Gasteiger partial charge in [0.2, 0.25) is 0 Å². The maximum absolute atomic E-state index is 9.95. The molecule has 0 saturated carbocycles. The lowest BCUT2D eigenvalue weighted by atomic mass is 9.96. The average Bonchev–Trinajstić information content (AvgIpc) is 2.94. The number of ether oxygens (including phenoxy) is 4. The van der Waals surface area contributed by atoms with E-state index in [1.165, 1.54) is 14.2 Å². The van der Waals surface area contributed by atoms with Crippen LogP contribution in [-0.2, 0) is 0 Å². The molecule has 9 nitrogen and oxygen atoms in total. The largest absolute Gasteiger partial charge is 0.497 e. The zero-order chi connectivity index (χ0) is 25.8. The number of hydrogen-bond acceptors (Lipinski definition) is 9. The molecule has 0 spiro atoms. The summed E-state index contributed by atoms with van der Waals surface area (Å²) in [4.78, 5) is 0. The third kappa shape index (κ3) is 4.26. The summed E-state index contributed by atoms with van der Waals surface area (Å²) in [6.07, 6.45) is 0. The Balaban J connectivity index is 2.16. The van der Waals surface area contributed by atoms with E-state index in [1.54, 1.807) is 57.5 Å². The Morgan fingerprint density at radius 1 is 0.778 bits per heavy atom. The summed E-state index contributed by atoms with van der Waals surface area (Å²) in [5, 5.41) is 26.8. The Morgan fingerprint density at radius 3 is 2.06 bits per heavy atom. The van der Waals surface area contributed by atoms with Gasteiger partial charge in [-0.3, -0.25) is 0 Å². The van der Waals surface area contributed by atoms with Gasteiger partial charge in [-0.2, -0.15) is 0 Å². The molecule has 0 aliphatic rings. The molecule has 3 aromatic carbocycles. The van der Waals surface area contributed by atoms with Crippen LogP contribution in [0.1, 0.15) is 12.5 Å². The van der Waals surface area contributed by atoms with Crippen LogP contribution in [0.25, 0.3) is 33.4 Å². The molecule has 0 unspecified atom stereocenters. The molecule has 0 radical (unpaired) electrons. The van der Waals surface area contributed by atoms with Crippen molar-refractivity contribution < 1.29 is 33.8 Å². The van der Waals surface area contributed by atoms with E-state index in [0.29, 0.717) is 62.1 Å². The van der Waals surface area contributed by atoms with E-state index in [2.05, 4.69) is 10.3 Å². The normalized spacial score (nSPS) is 12.0. The van der Waals surface area contributed by atoms with Crippen LogP contribution in [0.3, 0.4) is 0 Å². The molecule has 1 aromatic heterocycles. The quantitative estimate of drug-likeness (QED) is 0.205. The maximum atomic E-state index is 9.95. The van der Waals surface area contributed by atoms with Crippen molar-refractivity contribution in [3.63, 3.8) is 0 Å². The highest BCUT2D eigenvalue weighted by Crippen LogP contribution is 2.45. The van der Waals surface area contributed by atoms with Crippen molar-refractivity contribution in [1.82, 2.24) is 0 Å². The van der Waals surface area contributed by atoms with Crippen molar-refractivity contribution in [2.75, 3.05) is 28.4 Å². The second-order valence-electron chi connectivity index (χ2n) is 7.79. The molecule has 2 N–H and O–H groups in total. The van der Waals surface area contributed by atoms with Crippen molar-refractivity contribution >= 4 is 16.7 Å². The lowest BCUT2D eigenvalue weighted by molar-refractivity contribution is 0.302. The average molecular weight is 491 g/mol. The summed E-state index contributed by atoms with van der Waals surface area (Å²) in [5.41, 5.74) is 3.32. The number of hydrogen-bond donors (Lipinski definition) is 2. The fourth-order valence-electron chi connectivity index (χ4n) is 4.03. The Labute approximate surface area is 207 Å². The van der Waals surface area contributed by atoms with Crippen LogP contribution in [0.2, 0.25) is 0 Å². The summed E-state index contributed by atoms with van der Waals surface area (Å²) >= 11 is 0. The summed E-state index contributed by atoms with van der Waals surface area (Å²) in [5.74, 6) is 2.50. The van der Waals surface area contributed by atoms with Crippen LogP contribution in [0, 0.1) is 0 Å². The smallest absolute Gasteiger partial charge is 0.152 e. The molecule has 0 aliphatic carbocycles. The molecule has 4 aromatic rings. The van der Waals surface area contributed by atoms with Crippen LogP contribution < -0.4 is 24.3 Å². The van der Waals surface area contributed by atoms with Gasteiger partial charge < -0.3 is 33.8 Å². The number of rotatable bonds is 7. The SMILES string of the molecule is COc1ccc(-c2cc(=NO)c3c(OC)cc(OC)c(-c4cc(C(C)=NO)ccc4OC)c3o2)cc1. The van der Waals surface area contributed by atoms with Crippen molar-refractivity contribution in [2.45, 2.75) is 6.92 Å². The van der Waals surface area contributed by atoms with E-state index < -0.39 is 0 Å². The number of methoxy groups -OCH3 is 4. The zero-order valence-electron chi connectivity index (χ0n) is 20.5. The first kappa shape index (κ1) is 24.5. The van der Waals surface area contributed by atoms with Crippen LogP contribution in [-0.4, -0.2) is 44.6 Å². The first-order valence-electron chi connectivity index (χ1n) is 10.9. The van der Waals surface area contributed by atoms with Crippen LogP contribution in [0.4, 0.5) is 0 Å². The lowest BCUT2D eigenvalue weighted by Gasteiger charge is -2.18. The molecule has 0 fully saturated rings. The molecule has 186 valence electrons. The fourth-order valence-corrected chi connectivity index (χ4v) is 4.03. The third-order valence-corrected chi connectivity index (χ3v) is 5.90. The Bertz CT molecular complexity index is 1510. The first-order valence-corrected chi connectivity index (χ1v) is 10.9. The second-order valence-corrected chi connectivity index (χ2v) is 7.79. The molecule has 36 heavy (non-hydrogen) atoms. The molecular weight excluding hydrogens is 464 g/mol. The molecule has 0 bridgehead atoms. The molecule has 0 atom stereocenters. The first-order chi connectivity index (χ1) is 17.5. The van der Waals surface area contributed by atoms with Gasteiger partial charge in [0.05, 0.1) is 45.1 Å². The van der Waals surface area contributed by atoms with Crippen molar-refractivity contribution in [1.29, 1.82) is 0 Å². The highest BCUT2D eigenvalue weighted by atomic mass is 16.5. The van der Waals surface area contributed by atoms with E-state index in [-0.39, 0.29) is 5.36 Å². The van der Waals surface area contributed by atoms with Crippen molar-refractivity contribution in [2.24, 2.45) is 10.3 Å². The van der Waals surface area contributed by atoms with Gasteiger partial charge in [0.25, 0.3) is 0 Å². The van der Waals surface area contributed by atoms with Gasteiger partial charge in [-0.15, -0.1) is 0 Å². The van der Waals surface area contributed by atoms with Gasteiger partial charge in [-0.05, 0) is 55.0 Å². The van der Waals surface area contributed by atoms with Crippen LogP contribution in [0.5, 0.6) is 23.0 Å². The summed E-state index contributed by atoms with van der Waals surface area (Å²) in [6, 6.07) is 16.0. The molecule has 1 heterocycles. The Hall–Kier alpha value is -4.66. The molecule has 0 amide bonds. The van der Waals surface area contributed by atoms with Gasteiger partial charge in [0.15, 0.2) is 5.58 Å². The summed E-state index contributed by atoms with van der Waals surface area (Å²) in [6.45, 7) is 1.68. The number of oxime groups is 1. The number of benzene rings is 3. The minimum Gasteiger partial charge on any atom is -0.497 e. The van der Waals surface area contributed by atoms with Crippen LogP contribution in [0.15, 0.2) is 69.3 Å². The minimum absolute atomic E-state index is 0.242. The number of nitrogens with zero attached hydrogens (tertiary/aromatic N) is 2. The summed E-state index contributed by atoms with van der Waals surface area (Å²) in [7, 11) is 6.19. The fraction of sp³-hybridized carbons (Fsp3) is 0.185. The van der Waals surface area contributed by atoms with Gasteiger partial charge in [0, 0.05) is 23.3 Å². The third-order valence-electron chi connectivity index (χ3n) is 5.90. The summed E-state index contributed by atoms with van der Waals surface area (Å²) < 4.78 is 28.7. The van der Waals surface area contributed by atoms with Crippen molar-refractivity contribution in [3.05, 3.63) is 65.5 Å². The van der Waals surface area contributed by atoms with Gasteiger partial charge in [-0.25, -0.2) is 0 Å². The zero-order valence-corrected chi connectivity index (χ0v) is 20.5. The van der Waals surface area contributed by atoms with Crippen molar-refractivity contribution in [3.8, 4) is 45.4 Å². The Morgan fingerprint density at radius 2 is 1.47 bits per heavy atom. The predicted molar refractivity (Wildman–Crippen MR) is 135 cm³/mol. The predicted octanol–water partition coefficient (Wildman–Crippen LogP) is 5.29. The highest BCUT2D eigenvalue weighted by molar-refractivity contribution is 6.04. The van der Waals surface area contributed by atoms with E-state index >= 15 is 0 Å². The van der Waals surface area contributed by atoms with Gasteiger partial charge in [-0.1, -0.05) is 10.3 Å². The van der Waals surface area contributed by atoms with Gasteiger partial charge >= 0.3 is 0 Å². The van der Waals surface area contributed by atoms with E-state index in [4.69, 9.17) is 23.4 Å². The van der Waals surface area contributed by atoms with E-state index in [9.17, 15) is 10.4 Å². The topological polar surface area (TPSA) is 115 Å². The lowest BCUT2D eigenvalue weighted by Crippen LogP contribution is -2.07. The Kier molecular flexibility index (Phi) is 7.00. The molecule has 0 saturated heterocycles. The minimum atomic E-state index is 0.242. The molecular formula is C27H26N2O7. The van der Waals surface area contributed by atoms with E-state index in [0.717, 1.165) is 5.56 Å².